The molecule has 3 amide bonds. The zero-order chi connectivity index (χ0) is 21.1. The van der Waals surface area contributed by atoms with Crippen LogP contribution in [-0.4, -0.2) is 40.1 Å². The molecule has 4 rings (SSSR count). The van der Waals surface area contributed by atoms with Gasteiger partial charge >= 0.3 is 6.03 Å². The number of amides is 3. The van der Waals surface area contributed by atoms with Crippen molar-refractivity contribution < 1.29 is 14.3 Å². The zero-order valence-electron chi connectivity index (χ0n) is 16.7. The molecule has 0 atom stereocenters. The fourth-order valence-electron chi connectivity index (χ4n) is 2.92. The molecule has 3 aromatic rings. The van der Waals surface area contributed by atoms with Crippen LogP contribution in [0, 0.1) is 6.92 Å². The Kier molecular flexibility index (Phi) is 5.34. The number of carbonyl (C=O) groups is 2. The van der Waals surface area contributed by atoms with Crippen LogP contribution in [0.1, 0.15) is 29.0 Å². The van der Waals surface area contributed by atoms with Crippen LogP contribution in [0.25, 0.3) is 5.69 Å². The van der Waals surface area contributed by atoms with Crippen molar-refractivity contribution in [2.24, 2.45) is 0 Å². The fraction of sp³-hybridized carbons (Fsp3) is 0.238. The number of methoxy groups -OCH3 is 1. The quantitative estimate of drug-likeness (QED) is 0.583. The van der Waals surface area contributed by atoms with Crippen molar-refractivity contribution >= 4 is 23.3 Å². The summed E-state index contributed by atoms with van der Waals surface area (Å²) in [5, 5.41) is 16.6. The first-order valence-electron chi connectivity index (χ1n) is 9.59. The maximum absolute atomic E-state index is 12.2. The molecule has 3 N–H and O–H groups in total. The Bertz CT molecular complexity index is 1060. The van der Waals surface area contributed by atoms with E-state index in [-0.39, 0.29) is 18.0 Å². The van der Waals surface area contributed by atoms with Crippen LogP contribution < -0.4 is 20.7 Å². The van der Waals surface area contributed by atoms with Crippen LogP contribution in [0.3, 0.4) is 0 Å². The summed E-state index contributed by atoms with van der Waals surface area (Å²) in [6.07, 6.45) is 2.03. The van der Waals surface area contributed by atoms with Gasteiger partial charge in [-0.05, 0) is 68.3 Å². The van der Waals surface area contributed by atoms with Crippen molar-refractivity contribution in [2.75, 3.05) is 17.7 Å². The van der Waals surface area contributed by atoms with Gasteiger partial charge in [0.15, 0.2) is 5.69 Å². The van der Waals surface area contributed by atoms with Gasteiger partial charge in [0.1, 0.15) is 5.75 Å². The number of ether oxygens (including phenoxy) is 1. The number of aromatic nitrogens is 3. The average Bonchev–Trinajstić information content (AvgIpc) is 3.48. The Morgan fingerprint density at radius 3 is 2.17 bits per heavy atom. The monoisotopic (exact) mass is 406 g/mol. The van der Waals surface area contributed by atoms with Gasteiger partial charge in [0.25, 0.3) is 5.91 Å². The van der Waals surface area contributed by atoms with Gasteiger partial charge in [-0.2, -0.15) is 0 Å². The number of hydrogen-bond acceptors (Lipinski definition) is 5. The minimum Gasteiger partial charge on any atom is -0.497 e. The Labute approximate surface area is 173 Å². The Morgan fingerprint density at radius 1 is 1.00 bits per heavy atom. The Hall–Kier alpha value is -3.88. The van der Waals surface area contributed by atoms with Gasteiger partial charge in [-0.1, -0.05) is 5.21 Å². The molecule has 1 aromatic heterocycles. The van der Waals surface area contributed by atoms with Gasteiger partial charge < -0.3 is 20.7 Å². The predicted octanol–water partition coefficient (Wildman–Crippen LogP) is 3.12. The number of anilines is 2. The number of rotatable bonds is 6. The molecule has 0 saturated heterocycles. The second kappa shape index (κ2) is 8.24. The summed E-state index contributed by atoms with van der Waals surface area (Å²) in [6, 6.07) is 14.1. The van der Waals surface area contributed by atoms with E-state index >= 15 is 0 Å². The molecule has 1 saturated carbocycles. The summed E-state index contributed by atoms with van der Waals surface area (Å²) in [5.41, 5.74) is 3.00. The summed E-state index contributed by atoms with van der Waals surface area (Å²) in [4.78, 5) is 24.4. The minimum atomic E-state index is -0.358. The number of hydrogen-bond donors (Lipinski definition) is 3. The normalized spacial score (nSPS) is 12.9. The minimum absolute atomic E-state index is 0.199. The number of benzene rings is 2. The third-order valence-electron chi connectivity index (χ3n) is 4.74. The van der Waals surface area contributed by atoms with Crippen LogP contribution in [0.4, 0.5) is 16.2 Å². The maximum atomic E-state index is 12.2. The summed E-state index contributed by atoms with van der Waals surface area (Å²) in [7, 11) is 1.59. The molecule has 1 heterocycles. The molecule has 0 spiro atoms. The lowest BCUT2D eigenvalue weighted by Gasteiger charge is -2.09. The highest BCUT2D eigenvalue weighted by atomic mass is 16.5. The third kappa shape index (κ3) is 4.40. The first-order valence-corrected chi connectivity index (χ1v) is 9.59. The van der Waals surface area contributed by atoms with Crippen molar-refractivity contribution in [2.45, 2.75) is 25.8 Å². The zero-order valence-corrected chi connectivity index (χ0v) is 16.7. The number of nitrogens with zero attached hydrogens (tertiary/aromatic N) is 3. The van der Waals surface area contributed by atoms with Gasteiger partial charge in [-0.15, -0.1) is 5.10 Å². The molecule has 0 aliphatic heterocycles. The summed E-state index contributed by atoms with van der Waals surface area (Å²) < 4.78 is 6.70. The predicted molar refractivity (Wildman–Crippen MR) is 112 cm³/mol. The van der Waals surface area contributed by atoms with Crippen LogP contribution in [0.15, 0.2) is 48.5 Å². The SMILES string of the molecule is COc1ccc(NC(=O)Nc2ccc(-n3nnc(C(=O)NC4CC4)c3C)cc2)cc1. The third-order valence-corrected chi connectivity index (χ3v) is 4.74. The summed E-state index contributed by atoms with van der Waals surface area (Å²) in [5.74, 6) is 0.517. The molecule has 9 nitrogen and oxygen atoms in total. The molecule has 1 aliphatic carbocycles. The van der Waals surface area contributed by atoms with Crippen LogP contribution in [0.5, 0.6) is 5.75 Å². The van der Waals surface area contributed by atoms with Crippen molar-refractivity contribution in [1.82, 2.24) is 20.3 Å². The summed E-state index contributed by atoms with van der Waals surface area (Å²) >= 11 is 0. The van der Waals surface area contributed by atoms with Gasteiger partial charge in [-0.25, -0.2) is 9.48 Å². The first-order chi connectivity index (χ1) is 14.5. The molecular weight excluding hydrogens is 384 g/mol. The molecule has 9 heteroatoms. The maximum Gasteiger partial charge on any atom is 0.323 e. The van der Waals surface area contributed by atoms with Crippen molar-refractivity contribution in [1.29, 1.82) is 0 Å². The molecule has 0 bridgehead atoms. The second-order valence-electron chi connectivity index (χ2n) is 7.04. The fourth-order valence-corrected chi connectivity index (χ4v) is 2.92. The Balaban J connectivity index is 1.39. The highest BCUT2D eigenvalue weighted by Gasteiger charge is 2.26. The van der Waals surface area contributed by atoms with Gasteiger partial charge in [0.05, 0.1) is 18.5 Å². The van der Waals surface area contributed by atoms with Crippen LogP contribution in [0.2, 0.25) is 0 Å². The van der Waals surface area contributed by atoms with Crippen LogP contribution >= 0.6 is 0 Å². The average molecular weight is 406 g/mol. The molecule has 30 heavy (non-hydrogen) atoms. The number of urea groups is 1. The number of nitrogens with one attached hydrogen (secondary N) is 3. The van der Waals surface area contributed by atoms with Crippen molar-refractivity contribution in [3.63, 3.8) is 0 Å². The van der Waals surface area contributed by atoms with E-state index in [1.807, 2.05) is 0 Å². The molecule has 154 valence electrons. The Morgan fingerprint density at radius 2 is 1.60 bits per heavy atom. The van der Waals surface area contributed by atoms with E-state index in [1.165, 1.54) is 0 Å². The second-order valence-corrected chi connectivity index (χ2v) is 7.04. The molecule has 0 radical (unpaired) electrons. The molecule has 0 unspecified atom stereocenters. The van der Waals surface area contributed by atoms with Crippen LogP contribution in [-0.2, 0) is 0 Å². The molecule has 1 aliphatic rings. The topological polar surface area (TPSA) is 110 Å². The highest BCUT2D eigenvalue weighted by Crippen LogP contribution is 2.21. The van der Waals surface area contributed by atoms with Gasteiger partial charge in [0.2, 0.25) is 0 Å². The van der Waals surface area contributed by atoms with E-state index in [0.717, 1.165) is 18.5 Å². The first kappa shape index (κ1) is 19.4. The number of carbonyl (C=O) groups excluding carboxylic acids is 2. The summed E-state index contributed by atoms with van der Waals surface area (Å²) in [6.45, 7) is 1.80. The molecular formula is C21H22N6O3. The van der Waals surface area contributed by atoms with E-state index in [4.69, 9.17) is 4.74 Å². The lowest BCUT2D eigenvalue weighted by Crippen LogP contribution is -2.26. The van der Waals surface area contributed by atoms with Gasteiger partial charge in [0, 0.05) is 17.4 Å². The van der Waals surface area contributed by atoms with Crippen molar-refractivity contribution in [3.05, 3.63) is 59.9 Å². The standard InChI is InChI=1S/C21H22N6O3/c1-13-19(20(28)22-14-3-4-14)25-26-27(13)17-9-5-15(6-10-17)23-21(29)24-16-7-11-18(30-2)12-8-16/h5-12,14H,3-4H2,1-2H3,(H,22,28)(H2,23,24,29). The molecule has 2 aromatic carbocycles. The van der Waals surface area contributed by atoms with E-state index in [9.17, 15) is 9.59 Å². The van der Waals surface area contributed by atoms with Gasteiger partial charge in [-0.3, -0.25) is 4.79 Å². The smallest absolute Gasteiger partial charge is 0.323 e. The highest BCUT2D eigenvalue weighted by molar-refractivity contribution is 5.99. The largest absolute Gasteiger partial charge is 0.497 e. The van der Waals surface area contributed by atoms with E-state index in [2.05, 4.69) is 26.3 Å². The van der Waals surface area contributed by atoms with E-state index in [0.29, 0.717) is 28.5 Å². The molecule has 1 fully saturated rings. The van der Waals surface area contributed by atoms with Crippen molar-refractivity contribution in [3.8, 4) is 11.4 Å². The van der Waals surface area contributed by atoms with E-state index in [1.54, 1.807) is 67.2 Å². The van der Waals surface area contributed by atoms with E-state index < -0.39 is 0 Å². The lowest BCUT2D eigenvalue weighted by atomic mass is 10.2. The lowest BCUT2D eigenvalue weighted by molar-refractivity contribution is 0.0945.